The van der Waals surface area contributed by atoms with Crippen molar-refractivity contribution in [3.05, 3.63) is 21.9 Å². The highest BCUT2D eigenvalue weighted by Gasteiger charge is 2.00. The summed E-state index contributed by atoms with van der Waals surface area (Å²) in [6, 6.07) is 4.26. The number of hydrogen-bond donors (Lipinski definition) is 0. The normalized spacial score (nSPS) is 9.45. The van der Waals surface area contributed by atoms with Crippen LogP contribution >= 0.6 is 11.3 Å². The zero-order valence-electron chi connectivity index (χ0n) is 7.14. The van der Waals surface area contributed by atoms with Crippen LogP contribution in [0.5, 0.6) is 0 Å². The molecule has 0 aromatic carbocycles. The van der Waals surface area contributed by atoms with Crippen molar-refractivity contribution in [3.8, 4) is 11.8 Å². The number of thiophene rings is 1. The highest BCUT2D eigenvalue weighted by Crippen LogP contribution is 2.23. The van der Waals surface area contributed by atoms with Crippen molar-refractivity contribution in [2.24, 2.45) is 0 Å². The lowest BCUT2D eigenvalue weighted by Crippen LogP contribution is -1.77. The van der Waals surface area contributed by atoms with Crippen LogP contribution in [0.3, 0.4) is 0 Å². The molecule has 1 heteroatoms. The van der Waals surface area contributed by atoms with Gasteiger partial charge in [-0.15, -0.1) is 17.3 Å². The summed E-state index contributed by atoms with van der Waals surface area (Å²) in [6.45, 7) is 6.28. The molecule has 0 saturated heterocycles. The van der Waals surface area contributed by atoms with Crippen molar-refractivity contribution in [3.63, 3.8) is 0 Å². The van der Waals surface area contributed by atoms with Crippen molar-refractivity contribution in [1.82, 2.24) is 0 Å². The highest BCUT2D eigenvalue weighted by molar-refractivity contribution is 7.12. The summed E-state index contributed by atoms with van der Waals surface area (Å²) in [6.07, 6.45) is 0. The average Bonchev–Trinajstić information content (AvgIpc) is 2.37. The largest absolute Gasteiger partial charge is 0.131 e. The maximum absolute atomic E-state index is 3.05. The first kappa shape index (κ1) is 8.36. The molecule has 0 fully saturated rings. The molecule has 0 spiro atoms. The number of rotatable bonds is 1. The molecule has 11 heavy (non-hydrogen) atoms. The Morgan fingerprint density at radius 3 is 2.55 bits per heavy atom. The Hall–Kier alpha value is -0.740. The molecule has 0 radical (unpaired) electrons. The van der Waals surface area contributed by atoms with Gasteiger partial charge in [-0.05, 0) is 25.0 Å². The van der Waals surface area contributed by atoms with E-state index in [4.69, 9.17) is 0 Å². The zero-order chi connectivity index (χ0) is 8.27. The third-order valence-corrected chi connectivity index (χ3v) is 2.75. The van der Waals surface area contributed by atoms with Gasteiger partial charge in [-0.3, -0.25) is 0 Å². The lowest BCUT2D eigenvalue weighted by atomic mass is 10.2. The van der Waals surface area contributed by atoms with Gasteiger partial charge in [0, 0.05) is 4.88 Å². The monoisotopic (exact) mass is 164 g/mol. The average molecular weight is 164 g/mol. The van der Waals surface area contributed by atoms with E-state index in [1.54, 1.807) is 11.3 Å². The van der Waals surface area contributed by atoms with E-state index in [0.29, 0.717) is 5.92 Å². The van der Waals surface area contributed by atoms with Crippen molar-refractivity contribution >= 4 is 11.3 Å². The molecule has 58 valence electrons. The van der Waals surface area contributed by atoms with Crippen LogP contribution in [0, 0.1) is 11.8 Å². The molecule has 1 aromatic heterocycles. The fourth-order valence-electron chi connectivity index (χ4n) is 0.854. The van der Waals surface area contributed by atoms with Crippen LogP contribution < -0.4 is 0 Å². The van der Waals surface area contributed by atoms with Crippen molar-refractivity contribution < 1.29 is 0 Å². The first-order valence-corrected chi connectivity index (χ1v) is 4.58. The van der Waals surface area contributed by atoms with Gasteiger partial charge >= 0.3 is 0 Å². The van der Waals surface area contributed by atoms with Gasteiger partial charge in [-0.1, -0.05) is 19.8 Å². The molecular formula is C10H12S. The minimum atomic E-state index is 0.632. The van der Waals surface area contributed by atoms with E-state index in [1.807, 2.05) is 6.92 Å². The minimum absolute atomic E-state index is 0.632. The summed E-state index contributed by atoms with van der Waals surface area (Å²) in [4.78, 5) is 2.60. The van der Waals surface area contributed by atoms with Crippen LogP contribution in [0.1, 0.15) is 36.4 Å². The molecule has 1 rings (SSSR count). The molecule has 0 N–H and O–H groups in total. The summed E-state index contributed by atoms with van der Waals surface area (Å²) in [5, 5.41) is 0. The fourth-order valence-corrected chi connectivity index (χ4v) is 1.77. The van der Waals surface area contributed by atoms with E-state index < -0.39 is 0 Å². The molecule has 0 bridgehead atoms. The van der Waals surface area contributed by atoms with E-state index >= 15 is 0 Å². The van der Waals surface area contributed by atoms with E-state index in [0.717, 1.165) is 0 Å². The summed E-state index contributed by atoms with van der Waals surface area (Å²) in [5.74, 6) is 6.58. The maximum atomic E-state index is 3.05. The summed E-state index contributed by atoms with van der Waals surface area (Å²) >= 11 is 1.79. The van der Waals surface area contributed by atoms with E-state index in [-0.39, 0.29) is 0 Å². The maximum Gasteiger partial charge on any atom is 0.0771 e. The van der Waals surface area contributed by atoms with Gasteiger partial charge in [0.1, 0.15) is 0 Å². The van der Waals surface area contributed by atoms with E-state index in [2.05, 4.69) is 37.8 Å². The third kappa shape index (κ3) is 2.10. The van der Waals surface area contributed by atoms with Crippen molar-refractivity contribution in [2.75, 3.05) is 0 Å². The molecule has 0 aliphatic rings. The van der Waals surface area contributed by atoms with Crippen molar-refractivity contribution in [2.45, 2.75) is 26.7 Å². The highest BCUT2D eigenvalue weighted by atomic mass is 32.1. The van der Waals surface area contributed by atoms with Gasteiger partial charge in [0.15, 0.2) is 0 Å². The predicted molar refractivity (Wildman–Crippen MR) is 51.0 cm³/mol. The summed E-state index contributed by atoms with van der Waals surface area (Å²) in [5.41, 5.74) is 0. The SMILES string of the molecule is CC#Cc1ccc(C(C)C)s1. The van der Waals surface area contributed by atoms with Crippen LogP contribution in [-0.2, 0) is 0 Å². The molecule has 0 nitrogen and oxygen atoms in total. The lowest BCUT2D eigenvalue weighted by molar-refractivity contribution is 0.890. The van der Waals surface area contributed by atoms with Crippen LogP contribution in [-0.4, -0.2) is 0 Å². The van der Waals surface area contributed by atoms with Gasteiger partial charge < -0.3 is 0 Å². The van der Waals surface area contributed by atoms with Crippen LogP contribution in [0.15, 0.2) is 12.1 Å². The van der Waals surface area contributed by atoms with Gasteiger partial charge in [-0.2, -0.15) is 0 Å². The first-order chi connectivity index (χ1) is 5.24. The smallest absolute Gasteiger partial charge is 0.0771 e. The standard InChI is InChI=1S/C10H12S/c1-4-5-9-6-7-10(11-9)8(2)3/h6-8H,1-3H3. The molecule has 0 unspecified atom stereocenters. The first-order valence-electron chi connectivity index (χ1n) is 3.76. The Kier molecular flexibility index (Phi) is 2.73. The fraction of sp³-hybridized carbons (Fsp3) is 0.400. The summed E-state index contributed by atoms with van der Waals surface area (Å²) < 4.78 is 0. The van der Waals surface area contributed by atoms with Gasteiger partial charge in [0.2, 0.25) is 0 Å². The van der Waals surface area contributed by atoms with Crippen molar-refractivity contribution in [1.29, 1.82) is 0 Å². The predicted octanol–water partition coefficient (Wildman–Crippen LogP) is 3.24. The molecule has 1 aromatic rings. The Morgan fingerprint density at radius 1 is 1.36 bits per heavy atom. The molecule has 0 saturated carbocycles. The van der Waals surface area contributed by atoms with E-state index in [9.17, 15) is 0 Å². The van der Waals surface area contributed by atoms with Gasteiger partial charge in [0.25, 0.3) is 0 Å². The quantitative estimate of drug-likeness (QED) is 0.559. The zero-order valence-corrected chi connectivity index (χ0v) is 7.96. The Morgan fingerprint density at radius 2 is 2.09 bits per heavy atom. The Labute approximate surface area is 72.3 Å². The summed E-state index contributed by atoms with van der Waals surface area (Å²) in [7, 11) is 0. The second-order valence-electron chi connectivity index (χ2n) is 2.73. The molecule has 0 atom stereocenters. The topological polar surface area (TPSA) is 0 Å². The molecular weight excluding hydrogens is 152 g/mol. The van der Waals surface area contributed by atoms with Gasteiger partial charge in [0.05, 0.1) is 4.88 Å². The molecule has 0 amide bonds. The molecule has 0 aliphatic carbocycles. The molecule has 1 heterocycles. The van der Waals surface area contributed by atoms with Gasteiger partial charge in [-0.25, -0.2) is 0 Å². The third-order valence-electron chi connectivity index (χ3n) is 1.44. The second kappa shape index (κ2) is 3.59. The Bertz CT molecular complexity index is 283. The van der Waals surface area contributed by atoms with Crippen LogP contribution in [0.4, 0.5) is 0 Å². The number of hydrogen-bond acceptors (Lipinski definition) is 1. The Balaban J connectivity index is 2.87. The lowest BCUT2D eigenvalue weighted by Gasteiger charge is -1.96. The van der Waals surface area contributed by atoms with E-state index in [1.165, 1.54) is 9.75 Å². The second-order valence-corrected chi connectivity index (χ2v) is 3.85. The van der Waals surface area contributed by atoms with Crippen LogP contribution in [0.25, 0.3) is 0 Å². The molecule has 0 aliphatic heterocycles. The minimum Gasteiger partial charge on any atom is -0.131 e. The van der Waals surface area contributed by atoms with Crippen LogP contribution in [0.2, 0.25) is 0 Å².